The molecule has 0 heterocycles. The fraction of sp³-hybridized carbons (Fsp3) is 0.500. The SMILES string of the molecule is CCCCCCc1ccc(S(=O)[O-])cc1.[Na+]. The first-order valence-corrected chi connectivity index (χ1v) is 6.49. The van der Waals surface area contributed by atoms with Gasteiger partial charge in [0.1, 0.15) is 0 Å². The Labute approximate surface area is 122 Å². The first-order chi connectivity index (χ1) is 7.24. The standard InChI is InChI=1S/C12H18O2S.Na/c1-2-3-4-5-6-11-7-9-12(10-8-11)15(13)14;/h7-10H,2-6H2,1H3,(H,13,14);/q;+1/p-1. The quantitative estimate of drug-likeness (QED) is 0.405. The van der Waals surface area contributed by atoms with Gasteiger partial charge in [0.05, 0.1) is 0 Å². The molecular formula is C12H17NaO2S. The van der Waals surface area contributed by atoms with E-state index >= 15 is 0 Å². The van der Waals surface area contributed by atoms with Crippen molar-refractivity contribution >= 4 is 11.1 Å². The van der Waals surface area contributed by atoms with Crippen LogP contribution in [0.5, 0.6) is 0 Å². The van der Waals surface area contributed by atoms with E-state index in [1.807, 2.05) is 12.1 Å². The van der Waals surface area contributed by atoms with Crippen LogP contribution in [0.3, 0.4) is 0 Å². The third kappa shape index (κ3) is 6.16. The Bertz CT molecular complexity index is 311. The van der Waals surface area contributed by atoms with Gasteiger partial charge >= 0.3 is 29.6 Å². The minimum Gasteiger partial charge on any atom is -0.768 e. The van der Waals surface area contributed by atoms with Crippen LogP contribution in [0.15, 0.2) is 29.2 Å². The Morgan fingerprint density at radius 3 is 2.25 bits per heavy atom. The summed E-state index contributed by atoms with van der Waals surface area (Å²) in [6.45, 7) is 2.19. The molecule has 0 N–H and O–H groups in total. The summed E-state index contributed by atoms with van der Waals surface area (Å²) in [4.78, 5) is 0.368. The van der Waals surface area contributed by atoms with Crippen LogP contribution < -0.4 is 29.6 Å². The molecule has 0 aliphatic heterocycles. The molecule has 0 aromatic heterocycles. The van der Waals surface area contributed by atoms with Gasteiger partial charge in [-0.05, 0) is 41.6 Å². The second-order valence-corrected chi connectivity index (χ2v) is 4.63. The third-order valence-corrected chi connectivity index (χ3v) is 3.09. The van der Waals surface area contributed by atoms with Crippen LogP contribution in [0.1, 0.15) is 38.2 Å². The molecule has 1 aromatic carbocycles. The summed E-state index contributed by atoms with van der Waals surface area (Å²) < 4.78 is 21.2. The molecule has 0 amide bonds. The first-order valence-electron chi connectivity index (χ1n) is 5.42. The number of rotatable bonds is 6. The Balaban J connectivity index is 0.00000225. The Morgan fingerprint density at radius 1 is 1.12 bits per heavy atom. The zero-order chi connectivity index (χ0) is 11.1. The fourth-order valence-corrected chi connectivity index (χ4v) is 1.88. The van der Waals surface area contributed by atoms with Crippen LogP contribution >= 0.6 is 0 Å². The van der Waals surface area contributed by atoms with E-state index in [2.05, 4.69) is 6.92 Å². The van der Waals surface area contributed by atoms with Crippen molar-refractivity contribution in [2.75, 3.05) is 0 Å². The summed E-state index contributed by atoms with van der Waals surface area (Å²) in [5.41, 5.74) is 1.22. The van der Waals surface area contributed by atoms with E-state index < -0.39 is 11.1 Å². The van der Waals surface area contributed by atoms with E-state index in [0.717, 1.165) is 6.42 Å². The number of unbranched alkanes of at least 4 members (excludes halogenated alkanes) is 3. The van der Waals surface area contributed by atoms with Crippen molar-refractivity contribution in [1.82, 2.24) is 0 Å². The maximum absolute atomic E-state index is 10.6. The van der Waals surface area contributed by atoms with Crippen molar-refractivity contribution in [2.45, 2.75) is 43.9 Å². The molecule has 1 rings (SSSR count). The van der Waals surface area contributed by atoms with Crippen molar-refractivity contribution < 1.29 is 38.3 Å². The molecule has 1 atom stereocenters. The molecule has 0 aliphatic rings. The second kappa shape index (κ2) is 9.37. The molecule has 0 bridgehead atoms. The van der Waals surface area contributed by atoms with Crippen LogP contribution in [-0.2, 0) is 17.5 Å². The maximum atomic E-state index is 10.6. The van der Waals surface area contributed by atoms with Crippen molar-refractivity contribution in [3.05, 3.63) is 29.8 Å². The van der Waals surface area contributed by atoms with Gasteiger partial charge in [0, 0.05) is 4.90 Å². The van der Waals surface area contributed by atoms with Gasteiger partial charge in [-0.3, -0.25) is 4.21 Å². The molecule has 1 aromatic rings. The predicted octanol–water partition coefficient (Wildman–Crippen LogP) is 0.0514. The van der Waals surface area contributed by atoms with E-state index in [4.69, 9.17) is 0 Å². The van der Waals surface area contributed by atoms with E-state index in [-0.39, 0.29) is 29.6 Å². The normalized spacial score (nSPS) is 11.9. The molecular weight excluding hydrogens is 231 g/mol. The van der Waals surface area contributed by atoms with Gasteiger partial charge in [-0.25, -0.2) is 0 Å². The van der Waals surface area contributed by atoms with Gasteiger partial charge in [0.25, 0.3) is 0 Å². The Kier molecular flexibility index (Phi) is 9.56. The van der Waals surface area contributed by atoms with Gasteiger partial charge in [-0.2, -0.15) is 0 Å². The van der Waals surface area contributed by atoms with E-state index in [0.29, 0.717) is 4.90 Å². The molecule has 0 saturated carbocycles. The molecule has 2 nitrogen and oxygen atoms in total. The molecule has 84 valence electrons. The average molecular weight is 248 g/mol. The minimum atomic E-state index is -2.10. The summed E-state index contributed by atoms with van der Waals surface area (Å²) in [5.74, 6) is 0. The van der Waals surface area contributed by atoms with Crippen LogP contribution in [-0.4, -0.2) is 8.76 Å². The zero-order valence-corrected chi connectivity index (χ0v) is 12.9. The van der Waals surface area contributed by atoms with Crippen molar-refractivity contribution in [3.63, 3.8) is 0 Å². The molecule has 0 spiro atoms. The van der Waals surface area contributed by atoms with E-state index in [1.165, 1.54) is 31.2 Å². The zero-order valence-electron chi connectivity index (χ0n) is 10.1. The smallest absolute Gasteiger partial charge is 0.768 e. The molecule has 4 heteroatoms. The van der Waals surface area contributed by atoms with Crippen molar-refractivity contribution in [2.24, 2.45) is 0 Å². The molecule has 0 fully saturated rings. The minimum absolute atomic E-state index is 0. The van der Waals surface area contributed by atoms with Crippen LogP contribution in [0, 0.1) is 0 Å². The fourth-order valence-electron chi connectivity index (χ4n) is 1.52. The van der Waals surface area contributed by atoms with Gasteiger partial charge in [-0.15, -0.1) is 0 Å². The summed E-state index contributed by atoms with van der Waals surface area (Å²) in [7, 11) is 0. The number of benzene rings is 1. The summed E-state index contributed by atoms with van der Waals surface area (Å²) in [6.07, 6.45) is 6.02. The molecule has 0 aliphatic carbocycles. The van der Waals surface area contributed by atoms with E-state index in [1.54, 1.807) is 12.1 Å². The topological polar surface area (TPSA) is 40.1 Å². The summed E-state index contributed by atoms with van der Waals surface area (Å²) in [6, 6.07) is 7.13. The van der Waals surface area contributed by atoms with Gasteiger partial charge in [0.15, 0.2) is 0 Å². The molecule has 1 unspecified atom stereocenters. The first kappa shape index (κ1) is 16.3. The van der Waals surface area contributed by atoms with Gasteiger partial charge in [-0.1, -0.05) is 38.3 Å². The van der Waals surface area contributed by atoms with Crippen LogP contribution in [0.4, 0.5) is 0 Å². The predicted molar refractivity (Wildman–Crippen MR) is 61.5 cm³/mol. The molecule has 0 saturated heterocycles. The van der Waals surface area contributed by atoms with Crippen LogP contribution in [0.2, 0.25) is 0 Å². The van der Waals surface area contributed by atoms with E-state index in [9.17, 15) is 8.76 Å². The Morgan fingerprint density at radius 2 is 1.75 bits per heavy atom. The van der Waals surface area contributed by atoms with Crippen LogP contribution in [0.25, 0.3) is 0 Å². The number of hydrogen-bond acceptors (Lipinski definition) is 2. The maximum Gasteiger partial charge on any atom is 1.00 e. The number of aryl methyl sites for hydroxylation is 1. The number of hydrogen-bond donors (Lipinski definition) is 0. The largest absolute Gasteiger partial charge is 1.00 e. The van der Waals surface area contributed by atoms with Gasteiger partial charge in [0.2, 0.25) is 0 Å². The summed E-state index contributed by atoms with van der Waals surface area (Å²) >= 11 is -2.10. The van der Waals surface area contributed by atoms with Gasteiger partial charge < -0.3 is 4.55 Å². The van der Waals surface area contributed by atoms with Crippen molar-refractivity contribution in [1.29, 1.82) is 0 Å². The Hall–Kier alpha value is 0.330. The average Bonchev–Trinajstić information content (AvgIpc) is 2.25. The monoisotopic (exact) mass is 248 g/mol. The van der Waals surface area contributed by atoms with Crippen molar-refractivity contribution in [3.8, 4) is 0 Å². The molecule has 0 radical (unpaired) electrons. The second-order valence-electron chi connectivity index (χ2n) is 3.69. The third-order valence-electron chi connectivity index (χ3n) is 2.43. The summed E-state index contributed by atoms with van der Waals surface area (Å²) in [5, 5.41) is 0. The molecule has 16 heavy (non-hydrogen) atoms.